The topological polar surface area (TPSA) is 81.2 Å². The van der Waals surface area contributed by atoms with Gasteiger partial charge in [-0.3, -0.25) is 4.79 Å². The van der Waals surface area contributed by atoms with Crippen LogP contribution in [0.25, 0.3) is 11.1 Å². The van der Waals surface area contributed by atoms with Crippen LogP contribution in [0, 0.1) is 12.7 Å². The average Bonchev–Trinajstić information content (AvgIpc) is 3.33. The van der Waals surface area contributed by atoms with E-state index in [9.17, 15) is 9.18 Å². The smallest absolute Gasteiger partial charge is 0.273 e. The molecule has 2 aromatic heterocycles. The van der Waals surface area contributed by atoms with Crippen molar-refractivity contribution in [3.8, 4) is 0 Å². The summed E-state index contributed by atoms with van der Waals surface area (Å²) in [5.41, 5.74) is 3.59. The first-order valence-electron chi connectivity index (χ1n) is 8.54. The number of carbonyl (C=O) groups excluding carboxylic acids is 1. The summed E-state index contributed by atoms with van der Waals surface area (Å²) in [6.45, 7) is 2.25. The minimum atomic E-state index is -0.359. The van der Waals surface area contributed by atoms with Gasteiger partial charge in [0.25, 0.3) is 11.1 Å². The van der Waals surface area contributed by atoms with E-state index in [0.29, 0.717) is 16.9 Å². The van der Waals surface area contributed by atoms with Crippen LogP contribution in [0.4, 0.5) is 4.39 Å². The largest absolute Gasteiger partial charge is 0.447 e. The van der Waals surface area contributed by atoms with Crippen LogP contribution in [0.15, 0.2) is 62.8 Å². The Balaban J connectivity index is 1.34. The number of nitrogens with one attached hydrogen (secondary N) is 1. The van der Waals surface area contributed by atoms with Crippen molar-refractivity contribution in [3.05, 3.63) is 77.3 Å². The predicted octanol–water partition coefficient (Wildman–Crippen LogP) is 4.49. The van der Waals surface area contributed by atoms with Gasteiger partial charge in [0.2, 0.25) is 5.89 Å². The fourth-order valence-corrected chi connectivity index (χ4v) is 3.29. The molecule has 2 heterocycles. The number of rotatable bonds is 6. The van der Waals surface area contributed by atoms with Gasteiger partial charge in [0.05, 0.1) is 5.75 Å². The summed E-state index contributed by atoms with van der Waals surface area (Å²) in [4.78, 5) is 20.8. The second kappa shape index (κ2) is 7.85. The number of thioether (sulfide) groups is 1. The summed E-state index contributed by atoms with van der Waals surface area (Å²) in [7, 11) is 0. The van der Waals surface area contributed by atoms with Crippen molar-refractivity contribution in [2.75, 3.05) is 0 Å². The minimum Gasteiger partial charge on any atom is -0.447 e. The lowest BCUT2D eigenvalue weighted by Gasteiger charge is -2.02. The van der Waals surface area contributed by atoms with Gasteiger partial charge < -0.3 is 14.2 Å². The molecular formula is C20H16FN3O3S. The third-order valence-corrected chi connectivity index (χ3v) is 4.88. The molecule has 0 aliphatic rings. The third kappa shape index (κ3) is 4.07. The number of fused-ring (bicyclic) bond motifs is 1. The molecule has 0 bridgehead atoms. The first-order chi connectivity index (χ1) is 13.6. The Morgan fingerprint density at radius 3 is 2.79 bits per heavy atom. The lowest BCUT2D eigenvalue weighted by Crippen LogP contribution is -2.23. The second-order valence-electron chi connectivity index (χ2n) is 6.13. The van der Waals surface area contributed by atoms with E-state index < -0.39 is 0 Å². The zero-order valence-corrected chi connectivity index (χ0v) is 15.8. The highest BCUT2D eigenvalue weighted by Crippen LogP contribution is 2.27. The molecule has 1 N–H and O–H groups in total. The summed E-state index contributed by atoms with van der Waals surface area (Å²) < 4.78 is 24.0. The zero-order chi connectivity index (χ0) is 19.5. The summed E-state index contributed by atoms with van der Waals surface area (Å²) in [6, 6.07) is 11.7. The number of oxazole rings is 2. The summed E-state index contributed by atoms with van der Waals surface area (Å²) in [6.07, 6.45) is 1.31. The van der Waals surface area contributed by atoms with Crippen LogP contribution >= 0.6 is 11.8 Å². The van der Waals surface area contributed by atoms with Crippen molar-refractivity contribution in [2.24, 2.45) is 0 Å². The number of carbonyl (C=O) groups is 1. The maximum Gasteiger partial charge on any atom is 0.273 e. The molecule has 28 heavy (non-hydrogen) atoms. The molecule has 0 atom stereocenters. The first kappa shape index (κ1) is 18.2. The second-order valence-corrected chi connectivity index (χ2v) is 7.05. The van der Waals surface area contributed by atoms with Gasteiger partial charge in [-0.1, -0.05) is 36.0 Å². The van der Waals surface area contributed by atoms with E-state index in [4.69, 9.17) is 8.83 Å². The van der Waals surface area contributed by atoms with Crippen molar-refractivity contribution in [1.82, 2.24) is 15.3 Å². The summed E-state index contributed by atoms with van der Waals surface area (Å²) in [5, 5.41) is 3.24. The van der Waals surface area contributed by atoms with Crippen LogP contribution in [0.5, 0.6) is 0 Å². The molecule has 0 aliphatic carbocycles. The first-order valence-corrected chi connectivity index (χ1v) is 9.53. The Morgan fingerprint density at radius 1 is 1.18 bits per heavy atom. The minimum absolute atomic E-state index is 0.186. The molecular weight excluding hydrogens is 381 g/mol. The maximum atomic E-state index is 12.9. The standard InChI is InChI=1S/C20H16FN3O3S/c1-12-3-2-4-16-18(12)24-20(27-16)28-11-17-23-15(10-26-17)19(25)22-9-13-5-7-14(21)8-6-13/h2-8,10H,9,11H2,1H3,(H,22,25). The van der Waals surface area contributed by atoms with Crippen molar-refractivity contribution < 1.29 is 18.0 Å². The molecule has 0 saturated heterocycles. The van der Waals surface area contributed by atoms with E-state index >= 15 is 0 Å². The van der Waals surface area contributed by atoms with Crippen molar-refractivity contribution in [3.63, 3.8) is 0 Å². The highest BCUT2D eigenvalue weighted by atomic mass is 32.2. The Morgan fingerprint density at radius 2 is 2.00 bits per heavy atom. The average molecular weight is 397 g/mol. The lowest BCUT2D eigenvalue weighted by atomic mass is 10.2. The van der Waals surface area contributed by atoms with Gasteiger partial charge in [0.15, 0.2) is 11.3 Å². The Labute approximate surface area is 164 Å². The number of aromatic nitrogens is 2. The van der Waals surface area contributed by atoms with Crippen molar-refractivity contribution in [1.29, 1.82) is 0 Å². The van der Waals surface area contributed by atoms with Crippen LogP contribution in [0.2, 0.25) is 0 Å². The Hall–Kier alpha value is -3.13. The number of hydrogen-bond acceptors (Lipinski definition) is 6. The number of aryl methyl sites for hydroxylation is 1. The van der Waals surface area contributed by atoms with Gasteiger partial charge >= 0.3 is 0 Å². The molecule has 2 aromatic carbocycles. The number of para-hydroxylation sites is 1. The van der Waals surface area contributed by atoms with E-state index in [1.165, 1.54) is 30.2 Å². The molecule has 0 radical (unpaired) electrons. The number of halogens is 1. The number of amides is 1. The molecule has 0 saturated carbocycles. The van der Waals surface area contributed by atoms with Gasteiger partial charge in [-0.25, -0.2) is 14.4 Å². The molecule has 142 valence electrons. The van der Waals surface area contributed by atoms with Gasteiger partial charge in [-0.15, -0.1) is 0 Å². The van der Waals surface area contributed by atoms with Crippen LogP contribution in [-0.2, 0) is 12.3 Å². The van der Waals surface area contributed by atoms with E-state index in [1.54, 1.807) is 12.1 Å². The fraction of sp³-hybridized carbons (Fsp3) is 0.150. The van der Waals surface area contributed by atoms with E-state index in [1.807, 2.05) is 25.1 Å². The van der Waals surface area contributed by atoms with Gasteiger partial charge in [-0.05, 0) is 36.2 Å². The van der Waals surface area contributed by atoms with Gasteiger partial charge in [0, 0.05) is 6.54 Å². The van der Waals surface area contributed by atoms with Crippen LogP contribution < -0.4 is 5.32 Å². The molecule has 0 aliphatic heterocycles. The van der Waals surface area contributed by atoms with Crippen LogP contribution in [-0.4, -0.2) is 15.9 Å². The van der Waals surface area contributed by atoms with Gasteiger partial charge in [0.1, 0.15) is 17.6 Å². The highest BCUT2D eigenvalue weighted by Gasteiger charge is 2.14. The molecule has 4 aromatic rings. The van der Waals surface area contributed by atoms with Crippen LogP contribution in [0.1, 0.15) is 27.5 Å². The summed E-state index contributed by atoms with van der Waals surface area (Å²) >= 11 is 1.34. The zero-order valence-electron chi connectivity index (χ0n) is 14.9. The monoisotopic (exact) mass is 397 g/mol. The molecule has 4 rings (SSSR count). The van der Waals surface area contributed by atoms with Crippen molar-refractivity contribution in [2.45, 2.75) is 24.4 Å². The van der Waals surface area contributed by atoms with E-state index in [-0.39, 0.29) is 24.0 Å². The maximum absolute atomic E-state index is 12.9. The molecule has 6 nitrogen and oxygen atoms in total. The SMILES string of the molecule is Cc1cccc2oc(SCc3nc(C(=O)NCc4ccc(F)cc4)co3)nc12. The summed E-state index contributed by atoms with van der Waals surface area (Å²) in [5.74, 6) is 0.109. The Bertz CT molecular complexity index is 1120. The quantitative estimate of drug-likeness (QED) is 0.483. The highest BCUT2D eigenvalue weighted by molar-refractivity contribution is 7.98. The predicted molar refractivity (Wildman–Crippen MR) is 102 cm³/mol. The number of benzene rings is 2. The Kier molecular flexibility index (Phi) is 5.12. The normalized spacial score (nSPS) is 11.1. The molecule has 8 heteroatoms. The van der Waals surface area contributed by atoms with Gasteiger partial charge in [-0.2, -0.15) is 0 Å². The van der Waals surface area contributed by atoms with Crippen molar-refractivity contribution >= 4 is 28.8 Å². The third-order valence-electron chi connectivity index (χ3n) is 4.07. The number of hydrogen-bond donors (Lipinski definition) is 1. The number of nitrogens with zero attached hydrogens (tertiary/aromatic N) is 2. The van der Waals surface area contributed by atoms with E-state index in [2.05, 4.69) is 15.3 Å². The fourth-order valence-electron chi connectivity index (χ4n) is 2.61. The molecule has 0 fully saturated rings. The van der Waals surface area contributed by atoms with E-state index in [0.717, 1.165) is 22.2 Å². The lowest BCUT2D eigenvalue weighted by molar-refractivity contribution is 0.0946. The van der Waals surface area contributed by atoms with Crippen LogP contribution in [0.3, 0.4) is 0 Å². The molecule has 0 spiro atoms. The molecule has 1 amide bonds. The molecule has 0 unspecified atom stereocenters.